The molecule has 0 atom stereocenters. The van der Waals surface area contributed by atoms with Crippen LogP contribution in [0.5, 0.6) is 0 Å². The largest absolute Gasteiger partial charge is 0.369 e. The molecule has 0 unspecified atom stereocenters. The number of anilines is 1. The van der Waals surface area contributed by atoms with Crippen molar-refractivity contribution >= 4 is 11.6 Å². The van der Waals surface area contributed by atoms with Crippen molar-refractivity contribution in [3.8, 4) is 0 Å². The third kappa shape index (κ3) is 5.47. The first-order valence-corrected chi connectivity index (χ1v) is 14.2. The van der Waals surface area contributed by atoms with Gasteiger partial charge in [-0.3, -0.25) is 14.6 Å². The lowest BCUT2D eigenvalue weighted by molar-refractivity contribution is -0.130. The van der Waals surface area contributed by atoms with Crippen LogP contribution in [0.1, 0.15) is 36.8 Å². The molecule has 3 aromatic rings. The molecule has 1 amide bonds. The normalized spacial score (nSPS) is 20.7. The van der Waals surface area contributed by atoms with Crippen LogP contribution < -0.4 is 10.2 Å². The van der Waals surface area contributed by atoms with Gasteiger partial charge in [0.1, 0.15) is 17.5 Å². The van der Waals surface area contributed by atoms with Crippen molar-refractivity contribution in [1.82, 2.24) is 15.1 Å². The van der Waals surface area contributed by atoms with Gasteiger partial charge < -0.3 is 10.2 Å². The van der Waals surface area contributed by atoms with Crippen molar-refractivity contribution in [2.45, 2.75) is 36.6 Å². The molecule has 8 heteroatoms. The Balaban J connectivity index is 1.11. The zero-order valence-electron chi connectivity index (χ0n) is 22.6. The van der Waals surface area contributed by atoms with Crippen molar-refractivity contribution in [3.63, 3.8) is 0 Å². The summed E-state index contributed by atoms with van der Waals surface area (Å²) in [6, 6.07) is 19.4. The minimum atomic E-state index is -0.749. The van der Waals surface area contributed by atoms with Crippen LogP contribution in [0.25, 0.3) is 0 Å². The molecule has 1 saturated carbocycles. The van der Waals surface area contributed by atoms with Gasteiger partial charge in [-0.25, -0.2) is 13.2 Å². The first-order valence-electron chi connectivity index (χ1n) is 14.2. The van der Waals surface area contributed by atoms with Crippen LogP contribution in [0.4, 0.5) is 18.9 Å². The van der Waals surface area contributed by atoms with E-state index in [0.717, 1.165) is 75.6 Å². The van der Waals surface area contributed by atoms with E-state index in [-0.39, 0.29) is 23.4 Å². The van der Waals surface area contributed by atoms with Gasteiger partial charge in [-0.15, -0.1) is 0 Å². The maximum atomic E-state index is 14.1. The Morgan fingerprint density at radius 3 is 1.62 bits per heavy atom. The SMILES string of the molecule is O=C(NC1(c2ccc(F)cc2)CC1)C1(c2ccc(F)cc2)CCN(CN2CCN(c3ccc(F)cc3)CC2)CC1. The van der Waals surface area contributed by atoms with E-state index in [1.165, 1.54) is 36.4 Å². The van der Waals surface area contributed by atoms with Crippen molar-refractivity contribution in [1.29, 1.82) is 0 Å². The first-order chi connectivity index (χ1) is 19.3. The van der Waals surface area contributed by atoms with E-state index >= 15 is 0 Å². The second kappa shape index (κ2) is 10.9. The molecule has 0 bridgehead atoms. The topological polar surface area (TPSA) is 38.8 Å². The Bertz CT molecular complexity index is 1310. The lowest BCUT2D eigenvalue weighted by Gasteiger charge is -2.44. The second-order valence-electron chi connectivity index (χ2n) is 11.5. The molecule has 0 aromatic heterocycles. The van der Waals surface area contributed by atoms with Crippen LogP contribution >= 0.6 is 0 Å². The molecular formula is C32H35F3N4O. The standard InChI is InChI=1S/C32H35F3N4O/c33-26-5-1-24(2-6-26)31(30(40)36-32(13-14-32)25-3-7-27(34)8-4-25)15-17-37(18-16-31)23-38-19-21-39(22-20-38)29-11-9-28(35)10-12-29/h1-12H,13-23H2,(H,36,40). The average molecular weight is 549 g/mol. The summed E-state index contributed by atoms with van der Waals surface area (Å²) >= 11 is 0. The number of halogens is 3. The monoisotopic (exact) mass is 548 g/mol. The van der Waals surface area contributed by atoms with Crippen LogP contribution in [0, 0.1) is 17.5 Å². The van der Waals surface area contributed by atoms with Crippen molar-refractivity contribution in [2.24, 2.45) is 0 Å². The van der Waals surface area contributed by atoms with E-state index in [2.05, 4.69) is 20.0 Å². The predicted molar refractivity (Wildman–Crippen MR) is 149 cm³/mol. The number of carbonyl (C=O) groups excluding carboxylic acids is 1. The smallest absolute Gasteiger partial charge is 0.231 e. The van der Waals surface area contributed by atoms with Crippen LogP contribution in [-0.2, 0) is 15.7 Å². The van der Waals surface area contributed by atoms with E-state index in [1.54, 1.807) is 24.3 Å². The average Bonchev–Trinajstić information content (AvgIpc) is 3.75. The third-order valence-electron chi connectivity index (χ3n) is 9.00. The molecule has 1 N–H and O–H groups in total. The van der Waals surface area contributed by atoms with Gasteiger partial charge >= 0.3 is 0 Å². The molecule has 1 aliphatic carbocycles. The summed E-state index contributed by atoms with van der Waals surface area (Å²) in [6.07, 6.45) is 2.92. The van der Waals surface area contributed by atoms with Crippen LogP contribution in [0.2, 0.25) is 0 Å². The molecule has 3 aliphatic rings. The first kappa shape index (κ1) is 26.8. The summed E-state index contributed by atoms with van der Waals surface area (Å²) in [5.41, 5.74) is 1.60. The van der Waals surface area contributed by atoms with Gasteiger partial charge in [-0.1, -0.05) is 24.3 Å². The van der Waals surface area contributed by atoms with Gasteiger partial charge in [0, 0.05) is 45.0 Å². The number of hydrogen-bond acceptors (Lipinski definition) is 4. The van der Waals surface area contributed by atoms with Gasteiger partial charge in [0.15, 0.2) is 0 Å². The number of likely N-dealkylation sites (tertiary alicyclic amines) is 1. The van der Waals surface area contributed by atoms with Crippen molar-refractivity contribution < 1.29 is 18.0 Å². The Morgan fingerprint density at radius 2 is 1.10 bits per heavy atom. The molecule has 6 rings (SSSR count). The zero-order chi connectivity index (χ0) is 27.7. The van der Waals surface area contributed by atoms with Gasteiger partial charge in [0.05, 0.1) is 17.6 Å². The lowest BCUT2D eigenvalue weighted by atomic mass is 9.71. The summed E-state index contributed by atoms with van der Waals surface area (Å²) in [6.45, 7) is 5.94. The van der Waals surface area contributed by atoms with Gasteiger partial charge in [0.25, 0.3) is 0 Å². The highest BCUT2D eigenvalue weighted by Crippen LogP contribution is 2.47. The van der Waals surface area contributed by atoms with Gasteiger partial charge in [-0.05, 0) is 85.3 Å². The molecule has 3 fully saturated rings. The summed E-state index contributed by atoms with van der Waals surface area (Å²) in [5, 5.41) is 3.33. The summed E-state index contributed by atoms with van der Waals surface area (Å²) in [5.74, 6) is -0.867. The highest BCUT2D eigenvalue weighted by Gasteiger charge is 2.51. The number of hydrogen-bond donors (Lipinski definition) is 1. The summed E-state index contributed by atoms with van der Waals surface area (Å²) in [7, 11) is 0. The molecule has 210 valence electrons. The van der Waals surface area contributed by atoms with Crippen LogP contribution in [0.3, 0.4) is 0 Å². The number of nitrogens with one attached hydrogen (secondary N) is 1. The number of nitrogens with zero attached hydrogens (tertiary/aromatic N) is 3. The maximum absolute atomic E-state index is 14.1. The Hall–Kier alpha value is -3.36. The van der Waals surface area contributed by atoms with E-state index in [1.807, 2.05) is 12.1 Å². The summed E-state index contributed by atoms with van der Waals surface area (Å²) in [4.78, 5) is 21.2. The molecular weight excluding hydrogens is 513 g/mol. The maximum Gasteiger partial charge on any atom is 0.231 e. The fourth-order valence-electron chi connectivity index (χ4n) is 6.29. The van der Waals surface area contributed by atoms with Crippen LogP contribution in [-0.4, -0.2) is 61.6 Å². The molecule has 0 spiro atoms. The number of piperidine rings is 1. The van der Waals surface area contributed by atoms with E-state index < -0.39 is 11.0 Å². The highest BCUT2D eigenvalue weighted by molar-refractivity contribution is 5.89. The van der Waals surface area contributed by atoms with Crippen molar-refractivity contribution in [3.05, 3.63) is 101 Å². The zero-order valence-corrected chi connectivity index (χ0v) is 22.6. The molecule has 2 saturated heterocycles. The Morgan fingerprint density at radius 1 is 0.625 bits per heavy atom. The second-order valence-corrected chi connectivity index (χ2v) is 11.5. The third-order valence-corrected chi connectivity index (χ3v) is 9.00. The lowest BCUT2D eigenvalue weighted by Crippen LogP contribution is -2.56. The fraction of sp³-hybridized carbons (Fsp3) is 0.406. The number of rotatable bonds is 7. The molecule has 40 heavy (non-hydrogen) atoms. The fourth-order valence-corrected chi connectivity index (χ4v) is 6.29. The van der Waals surface area contributed by atoms with Crippen molar-refractivity contribution in [2.75, 3.05) is 50.8 Å². The van der Waals surface area contributed by atoms with E-state index in [4.69, 9.17) is 0 Å². The Labute approximate surface area is 233 Å². The molecule has 2 heterocycles. The minimum absolute atomic E-state index is 0.0338. The molecule has 0 radical (unpaired) electrons. The number of piperazine rings is 1. The number of amides is 1. The van der Waals surface area contributed by atoms with Gasteiger partial charge in [-0.2, -0.15) is 0 Å². The van der Waals surface area contributed by atoms with E-state index in [9.17, 15) is 18.0 Å². The van der Waals surface area contributed by atoms with E-state index in [0.29, 0.717) is 12.8 Å². The molecule has 3 aromatic carbocycles. The quantitative estimate of drug-likeness (QED) is 0.450. The molecule has 5 nitrogen and oxygen atoms in total. The molecule has 2 aliphatic heterocycles. The Kier molecular flexibility index (Phi) is 7.31. The predicted octanol–water partition coefficient (Wildman–Crippen LogP) is 5.02. The summed E-state index contributed by atoms with van der Waals surface area (Å²) < 4.78 is 40.7. The van der Waals surface area contributed by atoms with Gasteiger partial charge in [0.2, 0.25) is 5.91 Å². The van der Waals surface area contributed by atoms with Crippen LogP contribution in [0.15, 0.2) is 72.8 Å². The number of carbonyl (C=O) groups is 1. The number of benzene rings is 3. The minimum Gasteiger partial charge on any atom is -0.369 e. The highest BCUT2D eigenvalue weighted by atomic mass is 19.1.